The van der Waals surface area contributed by atoms with Crippen LogP contribution in [0.25, 0.3) is 10.9 Å². The van der Waals surface area contributed by atoms with Gasteiger partial charge in [0.05, 0.1) is 11.3 Å². The minimum absolute atomic E-state index is 0.267. The Balaban J connectivity index is 2.11. The molecule has 0 aliphatic heterocycles. The topological polar surface area (TPSA) is 105 Å². The van der Waals surface area contributed by atoms with Crippen molar-refractivity contribution in [2.75, 3.05) is 0 Å². The monoisotopic (exact) mass is 309 g/mol. The smallest absolute Gasteiger partial charge is 0.250 e. The van der Waals surface area contributed by atoms with Crippen LogP contribution in [-0.2, 0) is 21.2 Å². The van der Waals surface area contributed by atoms with Crippen LogP contribution in [-0.4, -0.2) is 30.6 Å². The third-order valence-electron chi connectivity index (χ3n) is 3.31. The summed E-state index contributed by atoms with van der Waals surface area (Å²) in [5.41, 5.74) is 7.65. The molecule has 21 heavy (non-hydrogen) atoms. The van der Waals surface area contributed by atoms with E-state index in [4.69, 9.17) is 5.73 Å². The predicted molar refractivity (Wildman–Crippen MR) is 82.2 cm³/mol. The van der Waals surface area contributed by atoms with E-state index in [1.807, 2.05) is 29.0 Å². The summed E-state index contributed by atoms with van der Waals surface area (Å²) in [4.78, 5) is 15.0. The van der Waals surface area contributed by atoms with Crippen LogP contribution in [0.4, 0.5) is 0 Å². The highest BCUT2D eigenvalue weighted by atomic mass is 32.2. The molecule has 6 nitrogen and oxygen atoms in total. The van der Waals surface area contributed by atoms with Gasteiger partial charge in [-0.25, -0.2) is 8.42 Å². The molecule has 114 valence electrons. The third-order valence-corrected chi connectivity index (χ3v) is 5.04. The van der Waals surface area contributed by atoms with Crippen molar-refractivity contribution in [3.05, 3.63) is 36.0 Å². The predicted octanol–water partition coefficient (Wildman–Crippen LogP) is 0.892. The minimum Gasteiger partial charge on any atom is -0.361 e. The van der Waals surface area contributed by atoms with Gasteiger partial charge in [0, 0.05) is 17.1 Å². The molecular formula is C14H19N3O3S. The van der Waals surface area contributed by atoms with Crippen molar-refractivity contribution in [3.8, 4) is 0 Å². The van der Waals surface area contributed by atoms with Crippen LogP contribution in [0.15, 0.2) is 30.5 Å². The summed E-state index contributed by atoms with van der Waals surface area (Å²) in [6.45, 7) is 3.00. The molecule has 1 heterocycles. The Morgan fingerprint density at radius 3 is 2.67 bits per heavy atom. The number of amides is 1. The van der Waals surface area contributed by atoms with Crippen LogP contribution in [0.1, 0.15) is 19.4 Å². The minimum atomic E-state index is -3.65. The van der Waals surface area contributed by atoms with E-state index in [9.17, 15) is 13.2 Å². The summed E-state index contributed by atoms with van der Waals surface area (Å²) in [6, 6.07) is 6.74. The van der Waals surface area contributed by atoms with Gasteiger partial charge in [-0.05, 0) is 31.9 Å². The number of aromatic amines is 1. The summed E-state index contributed by atoms with van der Waals surface area (Å²) < 4.78 is 25.3. The molecule has 0 radical (unpaired) electrons. The van der Waals surface area contributed by atoms with Crippen molar-refractivity contribution in [3.63, 3.8) is 0 Å². The van der Waals surface area contributed by atoms with Crippen molar-refractivity contribution < 1.29 is 13.2 Å². The third kappa shape index (κ3) is 3.43. The average Bonchev–Trinajstić information content (AvgIpc) is 2.81. The molecule has 0 saturated carbocycles. The second-order valence-electron chi connectivity index (χ2n) is 5.23. The molecule has 0 spiro atoms. The van der Waals surface area contributed by atoms with Gasteiger partial charge >= 0.3 is 0 Å². The first-order chi connectivity index (χ1) is 9.81. The zero-order valence-electron chi connectivity index (χ0n) is 12.0. The number of sulfonamides is 1. The number of hydrogen-bond acceptors (Lipinski definition) is 4. The van der Waals surface area contributed by atoms with Crippen LogP contribution >= 0.6 is 0 Å². The fraction of sp³-hybridized carbons (Fsp3) is 0.357. The molecule has 0 aliphatic carbocycles. The molecule has 1 atom stereocenters. The number of aromatic nitrogens is 1. The number of H-pyrrole nitrogens is 1. The summed E-state index contributed by atoms with van der Waals surface area (Å²) in [5.74, 6) is -0.686. The molecule has 0 fully saturated rings. The first-order valence-corrected chi connectivity index (χ1v) is 8.22. The highest BCUT2D eigenvalue weighted by Gasteiger charge is 2.23. The quantitative estimate of drug-likeness (QED) is 0.763. The van der Waals surface area contributed by atoms with E-state index in [0.29, 0.717) is 0 Å². The number of rotatable bonds is 5. The van der Waals surface area contributed by atoms with Crippen molar-refractivity contribution in [1.82, 2.24) is 9.71 Å². The molecule has 4 N–H and O–H groups in total. The highest BCUT2D eigenvalue weighted by Crippen LogP contribution is 2.18. The molecule has 1 aromatic carbocycles. The molecule has 2 rings (SSSR count). The van der Waals surface area contributed by atoms with Crippen LogP contribution in [0, 0.1) is 0 Å². The SMILES string of the molecule is CC(C)S(=O)(=O)NC(=O)C(N)Cc1c[nH]c2ccccc12. The standard InChI is InChI=1S/C14H19N3O3S/c1-9(2)21(19,20)17-14(18)12(15)7-10-8-16-13-6-4-3-5-11(10)13/h3-6,8-9,12,16H,7,15H2,1-2H3,(H,17,18). The molecule has 2 aromatic rings. The van der Waals surface area contributed by atoms with E-state index in [1.54, 1.807) is 6.20 Å². The van der Waals surface area contributed by atoms with Gasteiger partial charge in [-0.3, -0.25) is 9.52 Å². The number of hydrogen-bond donors (Lipinski definition) is 3. The van der Waals surface area contributed by atoms with Gasteiger partial charge in [0.25, 0.3) is 5.91 Å². The molecule has 0 saturated heterocycles. The average molecular weight is 309 g/mol. The van der Waals surface area contributed by atoms with Crippen molar-refractivity contribution in [2.45, 2.75) is 31.6 Å². The Kier molecular flexibility index (Phi) is 4.34. The number of benzene rings is 1. The zero-order valence-corrected chi connectivity index (χ0v) is 12.8. The van der Waals surface area contributed by atoms with Crippen LogP contribution in [0.5, 0.6) is 0 Å². The van der Waals surface area contributed by atoms with E-state index in [0.717, 1.165) is 16.5 Å². The fourth-order valence-corrected chi connectivity index (χ4v) is 2.63. The van der Waals surface area contributed by atoms with E-state index in [-0.39, 0.29) is 6.42 Å². The summed E-state index contributed by atoms with van der Waals surface area (Å²) in [6.07, 6.45) is 2.05. The molecular weight excluding hydrogens is 290 g/mol. The lowest BCUT2D eigenvalue weighted by Gasteiger charge is -2.14. The van der Waals surface area contributed by atoms with Crippen molar-refractivity contribution in [1.29, 1.82) is 0 Å². The molecule has 1 amide bonds. The lowest BCUT2D eigenvalue weighted by molar-refractivity contribution is -0.120. The van der Waals surface area contributed by atoms with Gasteiger partial charge < -0.3 is 10.7 Å². The van der Waals surface area contributed by atoms with Gasteiger partial charge in [-0.15, -0.1) is 0 Å². The Labute approximate surface area is 123 Å². The van der Waals surface area contributed by atoms with Gasteiger partial charge in [0.1, 0.15) is 0 Å². The lowest BCUT2D eigenvalue weighted by atomic mass is 10.1. The van der Waals surface area contributed by atoms with Gasteiger partial charge in [0.15, 0.2) is 0 Å². The maximum Gasteiger partial charge on any atom is 0.250 e. The molecule has 1 aromatic heterocycles. The molecule has 0 aliphatic rings. The Morgan fingerprint density at radius 1 is 1.33 bits per heavy atom. The summed E-state index contributed by atoms with van der Waals surface area (Å²) >= 11 is 0. The number of nitrogens with one attached hydrogen (secondary N) is 2. The van der Waals surface area contributed by atoms with Crippen molar-refractivity contribution in [2.24, 2.45) is 5.73 Å². The van der Waals surface area contributed by atoms with Crippen molar-refractivity contribution >= 4 is 26.8 Å². The van der Waals surface area contributed by atoms with E-state index in [2.05, 4.69) is 4.98 Å². The molecule has 7 heteroatoms. The number of para-hydroxylation sites is 1. The Morgan fingerprint density at radius 2 is 2.00 bits per heavy atom. The van der Waals surface area contributed by atoms with Crippen LogP contribution < -0.4 is 10.5 Å². The second-order valence-corrected chi connectivity index (χ2v) is 7.47. The lowest BCUT2D eigenvalue weighted by Crippen LogP contribution is -2.46. The fourth-order valence-electron chi connectivity index (χ4n) is 1.96. The summed E-state index contributed by atoms with van der Waals surface area (Å²) in [7, 11) is -3.65. The first-order valence-electron chi connectivity index (χ1n) is 6.67. The number of carbonyl (C=O) groups excluding carboxylic acids is 1. The van der Waals surface area contributed by atoms with E-state index >= 15 is 0 Å². The first kappa shape index (κ1) is 15.5. The van der Waals surface area contributed by atoms with Gasteiger partial charge in [0.2, 0.25) is 10.0 Å². The van der Waals surface area contributed by atoms with Crippen LogP contribution in [0.2, 0.25) is 0 Å². The normalized spacial score (nSPS) is 13.5. The number of fused-ring (bicyclic) bond motifs is 1. The van der Waals surface area contributed by atoms with E-state index < -0.39 is 27.2 Å². The molecule has 1 unspecified atom stereocenters. The van der Waals surface area contributed by atoms with Gasteiger partial charge in [-0.2, -0.15) is 0 Å². The maximum atomic E-state index is 11.9. The molecule has 0 bridgehead atoms. The second kappa shape index (κ2) is 5.87. The number of nitrogens with two attached hydrogens (primary N) is 1. The van der Waals surface area contributed by atoms with Gasteiger partial charge in [-0.1, -0.05) is 18.2 Å². The van der Waals surface area contributed by atoms with Crippen LogP contribution in [0.3, 0.4) is 0 Å². The highest BCUT2D eigenvalue weighted by molar-refractivity contribution is 7.90. The maximum absolute atomic E-state index is 11.9. The summed E-state index contributed by atoms with van der Waals surface area (Å²) in [5, 5.41) is 0.300. The Bertz CT molecular complexity index is 750. The zero-order chi connectivity index (χ0) is 15.6. The largest absolute Gasteiger partial charge is 0.361 e. The van der Waals surface area contributed by atoms with E-state index in [1.165, 1.54) is 13.8 Å². The number of carbonyl (C=O) groups is 1. The Hall–Kier alpha value is -1.86.